The molecule has 2 rings (SSSR count). The third-order valence-corrected chi connectivity index (χ3v) is 4.47. The normalized spacial score (nSPS) is 18.1. The van der Waals surface area contributed by atoms with E-state index >= 15 is 0 Å². The fourth-order valence-electron chi connectivity index (χ4n) is 2.52. The first kappa shape index (κ1) is 14.7. The number of aromatic nitrogens is 2. The molecule has 1 N–H and O–H groups in total. The number of piperidine rings is 1. The number of anilines is 1. The van der Waals surface area contributed by atoms with Crippen LogP contribution in [0, 0.1) is 5.92 Å². The molecule has 0 amide bonds. The summed E-state index contributed by atoms with van der Waals surface area (Å²) >= 11 is 1.66. The second kappa shape index (κ2) is 7.17. The smallest absolute Gasteiger partial charge is 0.205 e. The highest BCUT2D eigenvalue weighted by molar-refractivity contribution is 7.15. The van der Waals surface area contributed by atoms with Gasteiger partial charge in [-0.15, -0.1) is 10.2 Å². The summed E-state index contributed by atoms with van der Waals surface area (Å²) in [5, 5.41) is 13.6. The predicted molar refractivity (Wildman–Crippen MR) is 80.6 cm³/mol. The van der Waals surface area contributed by atoms with Crippen LogP contribution in [0.2, 0.25) is 0 Å². The molecule has 5 nitrogen and oxygen atoms in total. The quantitative estimate of drug-likeness (QED) is 0.861. The highest BCUT2D eigenvalue weighted by Crippen LogP contribution is 2.20. The lowest BCUT2D eigenvalue weighted by molar-refractivity contribution is 0.173. The average molecular weight is 283 g/mol. The summed E-state index contributed by atoms with van der Waals surface area (Å²) in [6.07, 6.45) is 2.64. The maximum atomic E-state index is 4.24. The Kier molecular flexibility index (Phi) is 5.54. The van der Waals surface area contributed by atoms with Crippen molar-refractivity contribution >= 4 is 16.5 Å². The van der Waals surface area contributed by atoms with E-state index in [1.807, 2.05) is 0 Å². The van der Waals surface area contributed by atoms with Crippen LogP contribution >= 0.6 is 11.3 Å². The van der Waals surface area contributed by atoms with Crippen LogP contribution in [0.4, 0.5) is 5.13 Å². The number of nitrogens with one attached hydrogen (secondary N) is 1. The zero-order valence-corrected chi connectivity index (χ0v) is 13.0. The van der Waals surface area contributed by atoms with Crippen LogP contribution in [0.1, 0.15) is 24.8 Å². The van der Waals surface area contributed by atoms with E-state index in [0.29, 0.717) is 0 Å². The van der Waals surface area contributed by atoms with Gasteiger partial charge in [-0.3, -0.25) is 4.90 Å². The molecule has 0 spiro atoms. The van der Waals surface area contributed by atoms with Crippen molar-refractivity contribution in [3.05, 3.63) is 5.01 Å². The van der Waals surface area contributed by atoms with Crippen LogP contribution in [-0.2, 0) is 6.54 Å². The molecule has 0 atom stereocenters. The van der Waals surface area contributed by atoms with Crippen LogP contribution in [0.15, 0.2) is 0 Å². The summed E-state index contributed by atoms with van der Waals surface area (Å²) in [5.41, 5.74) is 0. The second-order valence-electron chi connectivity index (χ2n) is 5.47. The Balaban J connectivity index is 1.75. The van der Waals surface area contributed by atoms with E-state index in [2.05, 4.69) is 46.3 Å². The van der Waals surface area contributed by atoms with Crippen LogP contribution in [0.5, 0.6) is 0 Å². The molecule has 0 radical (unpaired) electrons. The summed E-state index contributed by atoms with van der Waals surface area (Å²) in [5.74, 6) is 0.836. The lowest BCUT2D eigenvalue weighted by atomic mass is 9.97. The summed E-state index contributed by atoms with van der Waals surface area (Å²) in [6, 6.07) is 0. The lowest BCUT2D eigenvalue weighted by Crippen LogP contribution is -2.35. The number of nitrogens with zero attached hydrogens (tertiary/aromatic N) is 4. The van der Waals surface area contributed by atoms with Gasteiger partial charge in [0.1, 0.15) is 5.01 Å². The monoisotopic (exact) mass is 283 g/mol. The highest BCUT2D eigenvalue weighted by atomic mass is 32.1. The Labute approximate surface area is 120 Å². The molecular formula is C13H25N5S. The van der Waals surface area contributed by atoms with Crippen LogP contribution in [0.3, 0.4) is 0 Å². The van der Waals surface area contributed by atoms with Crippen LogP contribution in [-0.4, -0.2) is 60.3 Å². The van der Waals surface area contributed by atoms with Gasteiger partial charge in [0.2, 0.25) is 5.13 Å². The Morgan fingerprint density at radius 3 is 2.79 bits per heavy atom. The zero-order valence-electron chi connectivity index (χ0n) is 12.2. The minimum Gasteiger partial charge on any atom is -0.360 e. The molecule has 1 fully saturated rings. The Morgan fingerprint density at radius 2 is 2.11 bits per heavy atom. The Hall–Kier alpha value is -0.720. The van der Waals surface area contributed by atoms with Crippen molar-refractivity contribution in [1.82, 2.24) is 20.0 Å². The van der Waals surface area contributed by atoms with Crippen molar-refractivity contribution < 1.29 is 0 Å². The van der Waals surface area contributed by atoms with E-state index in [1.165, 1.54) is 32.5 Å². The maximum absolute atomic E-state index is 4.24. The van der Waals surface area contributed by atoms with Gasteiger partial charge in [-0.1, -0.05) is 11.3 Å². The SMILES string of the molecule is CCNc1nnc(CN(C)CC2CCN(C)CC2)s1. The van der Waals surface area contributed by atoms with E-state index in [9.17, 15) is 0 Å². The molecule has 2 heterocycles. The maximum Gasteiger partial charge on any atom is 0.205 e. The topological polar surface area (TPSA) is 44.3 Å². The van der Waals surface area contributed by atoms with Crippen molar-refractivity contribution in [2.24, 2.45) is 5.92 Å². The summed E-state index contributed by atoms with van der Waals surface area (Å²) in [4.78, 5) is 4.80. The molecule has 108 valence electrons. The van der Waals surface area contributed by atoms with Crippen LogP contribution < -0.4 is 5.32 Å². The minimum absolute atomic E-state index is 0.836. The standard InChI is InChI=1S/C13H25N5S/c1-4-14-13-16-15-12(19-13)10-18(3)9-11-5-7-17(2)8-6-11/h11H,4-10H2,1-3H3,(H,14,16). The molecule has 1 aliphatic heterocycles. The molecule has 0 saturated carbocycles. The predicted octanol–water partition coefficient (Wildman–Crippen LogP) is 1.74. The van der Waals surface area contributed by atoms with E-state index in [4.69, 9.17) is 0 Å². The summed E-state index contributed by atoms with van der Waals surface area (Å²) in [7, 11) is 4.40. The van der Waals surface area contributed by atoms with Gasteiger partial charge < -0.3 is 10.2 Å². The Bertz CT molecular complexity index is 373. The first-order valence-corrected chi connectivity index (χ1v) is 7.92. The number of hydrogen-bond donors (Lipinski definition) is 1. The molecule has 1 aromatic rings. The van der Waals surface area contributed by atoms with Crippen molar-refractivity contribution in [1.29, 1.82) is 0 Å². The second-order valence-corrected chi connectivity index (χ2v) is 6.54. The first-order valence-electron chi connectivity index (χ1n) is 7.10. The third kappa shape index (κ3) is 4.71. The van der Waals surface area contributed by atoms with E-state index in [-0.39, 0.29) is 0 Å². The molecule has 0 aliphatic carbocycles. The average Bonchev–Trinajstić information content (AvgIpc) is 2.80. The summed E-state index contributed by atoms with van der Waals surface area (Å²) < 4.78 is 0. The molecule has 1 aliphatic rings. The molecule has 6 heteroatoms. The molecule has 19 heavy (non-hydrogen) atoms. The van der Waals surface area contributed by atoms with E-state index < -0.39 is 0 Å². The number of rotatable bonds is 6. The fourth-order valence-corrected chi connectivity index (χ4v) is 3.41. The largest absolute Gasteiger partial charge is 0.360 e. The van der Waals surface area contributed by atoms with Gasteiger partial charge in [0.05, 0.1) is 6.54 Å². The minimum atomic E-state index is 0.836. The number of hydrogen-bond acceptors (Lipinski definition) is 6. The fraction of sp³-hybridized carbons (Fsp3) is 0.846. The van der Waals surface area contributed by atoms with Gasteiger partial charge in [0.25, 0.3) is 0 Å². The van der Waals surface area contributed by atoms with Crippen LogP contribution in [0.25, 0.3) is 0 Å². The first-order chi connectivity index (χ1) is 9.17. The molecule has 1 aromatic heterocycles. The van der Waals surface area contributed by atoms with Gasteiger partial charge in [-0.05, 0) is 52.9 Å². The van der Waals surface area contributed by atoms with Crippen molar-refractivity contribution in [2.75, 3.05) is 45.6 Å². The molecule has 1 saturated heterocycles. The highest BCUT2D eigenvalue weighted by Gasteiger charge is 2.18. The van der Waals surface area contributed by atoms with Crippen molar-refractivity contribution in [2.45, 2.75) is 26.3 Å². The van der Waals surface area contributed by atoms with Gasteiger partial charge in [0, 0.05) is 13.1 Å². The third-order valence-electron chi connectivity index (χ3n) is 3.61. The summed E-state index contributed by atoms with van der Waals surface area (Å²) in [6.45, 7) is 7.54. The molecule has 0 bridgehead atoms. The van der Waals surface area contributed by atoms with Gasteiger partial charge in [-0.25, -0.2) is 0 Å². The van der Waals surface area contributed by atoms with Gasteiger partial charge in [-0.2, -0.15) is 0 Å². The van der Waals surface area contributed by atoms with Gasteiger partial charge in [0.15, 0.2) is 0 Å². The van der Waals surface area contributed by atoms with E-state index in [0.717, 1.165) is 29.1 Å². The van der Waals surface area contributed by atoms with Gasteiger partial charge >= 0.3 is 0 Å². The lowest BCUT2D eigenvalue weighted by Gasteiger charge is -2.31. The van der Waals surface area contributed by atoms with Crippen molar-refractivity contribution in [3.8, 4) is 0 Å². The number of likely N-dealkylation sites (tertiary alicyclic amines) is 1. The van der Waals surface area contributed by atoms with E-state index in [1.54, 1.807) is 11.3 Å². The Morgan fingerprint density at radius 1 is 1.37 bits per heavy atom. The molecule has 0 aromatic carbocycles. The van der Waals surface area contributed by atoms with Crippen molar-refractivity contribution in [3.63, 3.8) is 0 Å². The molecule has 0 unspecified atom stereocenters. The molecular weight excluding hydrogens is 258 g/mol. The zero-order chi connectivity index (χ0) is 13.7.